The van der Waals surface area contributed by atoms with Crippen LogP contribution < -0.4 is 14.8 Å². The summed E-state index contributed by atoms with van der Waals surface area (Å²) < 4.78 is 13.7. The fraction of sp³-hybridized carbons (Fsp3) is 0.292. The smallest absolute Gasteiger partial charge is 0.296 e. The maximum Gasteiger partial charge on any atom is 0.296 e. The molecule has 31 heavy (non-hydrogen) atoms. The summed E-state index contributed by atoms with van der Waals surface area (Å²) in [5.74, 6) is -0.644. The van der Waals surface area contributed by atoms with Gasteiger partial charge in [0.15, 0.2) is 11.5 Å². The van der Waals surface area contributed by atoms with Crippen molar-refractivity contribution in [2.45, 2.75) is 45.3 Å². The lowest BCUT2D eigenvalue weighted by Gasteiger charge is -2.21. The minimum atomic E-state index is -0.715. The largest absolute Gasteiger partial charge is 0.448 e. The minimum absolute atomic E-state index is 0.312. The highest BCUT2D eigenvalue weighted by molar-refractivity contribution is 6.47. The molecule has 1 saturated carbocycles. The van der Waals surface area contributed by atoms with Crippen LogP contribution in [0.1, 0.15) is 47.4 Å². The van der Waals surface area contributed by atoms with E-state index in [0.29, 0.717) is 34.1 Å². The van der Waals surface area contributed by atoms with Crippen LogP contribution in [0.3, 0.4) is 0 Å². The number of para-hydroxylation sites is 1. The first-order chi connectivity index (χ1) is 15.0. The number of carbonyl (C=O) groups is 2. The number of benzene rings is 2. The number of ketones is 1. The Kier molecular flexibility index (Phi) is 4.54. The molecule has 1 fully saturated rings. The van der Waals surface area contributed by atoms with Crippen molar-refractivity contribution in [2.75, 3.05) is 5.32 Å². The van der Waals surface area contributed by atoms with Gasteiger partial charge in [0.2, 0.25) is 0 Å². The number of carbonyl (C=O) groups excluding carboxylic acids is 2. The van der Waals surface area contributed by atoms with Gasteiger partial charge in [-0.3, -0.25) is 9.59 Å². The topological polar surface area (TPSA) is 82.5 Å². The van der Waals surface area contributed by atoms with Crippen molar-refractivity contribution < 1.29 is 19.1 Å². The molecule has 158 valence electrons. The van der Waals surface area contributed by atoms with E-state index < -0.39 is 17.5 Å². The summed E-state index contributed by atoms with van der Waals surface area (Å²) in [7, 11) is 0. The third kappa shape index (κ3) is 3.36. The summed E-state index contributed by atoms with van der Waals surface area (Å²) in [6.45, 7) is 3.52. The maximum atomic E-state index is 13.0. The number of hydrogen-bond acceptors (Lipinski definition) is 5. The Morgan fingerprint density at radius 2 is 1.71 bits per heavy atom. The van der Waals surface area contributed by atoms with E-state index in [1.165, 1.54) is 0 Å². The molecule has 1 spiro atoms. The second-order valence-corrected chi connectivity index (χ2v) is 8.06. The van der Waals surface area contributed by atoms with Crippen molar-refractivity contribution in [3.63, 3.8) is 0 Å². The van der Waals surface area contributed by atoms with Crippen LogP contribution in [-0.2, 0) is 4.79 Å². The molecule has 0 radical (unpaired) electrons. The average Bonchev–Trinajstić information content (AvgIpc) is 3.45. The second-order valence-electron chi connectivity index (χ2n) is 8.06. The Morgan fingerprint density at radius 3 is 2.45 bits per heavy atom. The van der Waals surface area contributed by atoms with Gasteiger partial charge in [-0.1, -0.05) is 18.2 Å². The number of fused-ring (bicyclic) bond motifs is 1. The molecule has 0 bridgehead atoms. The van der Waals surface area contributed by atoms with Gasteiger partial charge in [-0.2, -0.15) is 5.10 Å². The van der Waals surface area contributed by atoms with Crippen LogP contribution >= 0.6 is 0 Å². The van der Waals surface area contributed by atoms with E-state index >= 15 is 0 Å². The molecule has 0 atom stereocenters. The van der Waals surface area contributed by atoms with E-state index in [1.807, 2.05) is 30.3 Å². The lowest BCUT2D eigenvalue weighted by molar-refractivity contribution is -0.112. The Morgan fingerprint density at radius 1 is 1.00 bits per heavy atom. The van der Waals surface area contributed by atoms with Gasteiger partial charge in [-0.05, 0) is 51.0 Å². The molecule has 1 N–H and O–H groups in total. The van der Waals surface area contributed by atoms with Crippen molar-refractivity contribution in [3.05, 3.63) is 65.5 Å². The summed E-state index contributed by atoms with van der Waals surface area (Å²) in [6.07, 6.45) is 3.85. The van der Waals surface area contributed by atoms with Gasteiger partial charge in [0, 0.05) is 24.6 Å². The number of amides is 1. The van der Waals surface area contributed by atoms with Crippen molar-refractivity contribution in [2.24, 2.45) is 0 Å². The second kappa shape index (κ2) is 7.27. The van der Waals surface area contributed by atoms with Crippen LogP contribution in [0.2, 0.25) is 0 Å². The molecular formula is C24H23N3O4. The van der Waals surface area contributed by atoms with Gasteiger partial charge in [0.25, 0.3) is 17.5 Å². The summed E-state index contributed by atoms with van der Waals surface area (Å²) in [5.41, 5.74) is 2.76. The minimum Gasteiger partial charge on any atom is -0.448 e. The molecule has 0 saturated heterocycles. The van der Waals surface area contributed by atoms with Gasteiger partial charge >= 0.3 is 0 Å². The number of aryl methyl sites for hydroxylation is 1. The number of nitrogens with one attached hydrogen (secondary N) is 1. The van der Waals surface area contributed by atoms with Gasteiger partial charge < -0.3 is 14.8 Å². The van der Waals surface area contributed by atoms with Crippen LogP contribution in [0.5, 0.6) is 11.5 Å². The first-order valence-electron chi connectivity index (χ1n) is 10.5. The van der Waals surface area contributed by atoms with Crippen LogP contribution in [0.25, 0.3) is 5.69 Å². The Labute approximate surface area is 180 Å². The van der Waals surface area contributed by atoms with E-state index in [9.17, 15) is 9.59 Å². The van der Waals surface area contributed by atoms with Gasteiger partial charge in [0.1, 0.15) is 0 Å². The molecule has 1 aliphatic heterocycles. The predicted molar refractivity (Wildman–Crippen MR) is 115 cm³/mol. The first-order valence-corrected chi connectivity index (χ1v) is 10.5. The number of nitrogens with zero attached hydrogens (tertiary/aromatic N) is 2. The summed E-state index contributed by atoms with van der Waals surface area (Å²) >= 11 is 0. The molecule has 1 aromatic heterocycles. The SMILES string of the molecule is Cc1nn(-c2ccccc2)c(C)c1C(=O)C(=O)Nc1ccc2c(c1)OC1(CCCC1)O2. The zero-order valence-corrected chi connectivity index (χ0v) is 17.5. The van der Waals surface area contributed by atoms with E-state index in [0.717, 1.165) is 31.4 Å². The van der Waals surface area contributed by atoms with E-state index in [1.54, 1.807) is 36.7 Å². The molecule has 7 heteroatoms. The van der Waals surface area contributed by atoms with Crippen LogP contribution in [-0.4, -0.2) is 27.3 Å². The zero-order chi connectivity index (χ0) is 21.6. The zero-order valence-electron chi connectivity index (χ0n) is 17.5. The lowest BCUT2D eigenvalue weighted by Crippen LogP contribution is -2.34. The molecule has 1 amide bonds. The Bertz CT molecular complexity index is 1180. The number of anilines is 1. The third-order valence-electron chi connectivity index (χ3n) is 5.88. The average molecular weight is 417 g/mol. The van der Waals surface area contributed by atoms with Crippen LogP contribution in [0.15, 0.2) is 48.5 Å². The van der Waals surface area contributed by atoms with E-state index in [-0.39, 0.29) is 0 Å². The van der Waals surface area contributed by atoms with Gasteiger partial charge in [-0.25, -0.2) is 4.68 Å². The summed E-state index contributed by atoms with van der Waals surface area (Å²) in [6, 6.07) is 14.7. The van der Waals surface area contributed by atoms with Crippen molar-refractivity contribution in [3.8, 4) is 17.2 Å². The highest BCUT2D eigenvalue weighted by Crippen LogP contribution is 2.47. The fourth-order valence-electron chi connectivity index (χ4n) is 4.38. The fourth-order valence-corrected chi connectivity index (χ4v) is 4.38. The van der Waals surface area contributed by atoms with Crippen LogP contribution in [0, 0.1) is 13.8 Å². The first kappa shape index (κ1) is 19.4. The van der Waals surface area contributed by atoms with E-state index in [2.05, 4.69) is 10.4 Å². The highest BCUT2D eigenvalue weighted by atomic mass is 16.7. The molecule has 2 aliphatic rings. The standard InChI is InChI=1S/C24H23N3O4/c1-15-21(16(2)27(26-15)18-8-4-3-5-9-18)22(28)23(29)25-17-10-11-19-20(14-17)31-24(30-19)12-6-7-13-24/h3-5,8-11,14H,6-7,12-13H2,1-2H3,(H,25,29). The summed E-state index contributed by atoms with van der Waals surface area (Å²) in [5, 5.41) is 7.15. The molecular weight excluding hydrogens is 394 g/mol. The monoisotopic (exact) mass is 417 g/mol. The Hall–Kier alpha value is -3.61. The van der Waals surface area contributed by atoms with Gasteiger partial charge in [-0.15, -0.1) is 0 Å². The number of aromatic nitrogens is 2. The van der Waals surface area contributed by atoms with E-state index in [4.69, 9.17) is 9.47 Å². The normalized spacial score (nSPS) is 15.9. The number of rotatable bonds is 4. The third-order valence-corrected chi connectivity index (χ3v) is 5.88. The molecule has 5 rings (SSSR count). The highest BCUT2D eigenvalue weighted by Gasteiger charge is 2.44. The number of Topliss-reactive ketones (excluding diaryl/α,β-unsaturated/α-hetero) is 1. The molecule has 2 aromatic carbocycles. The van der Waals surface area contributed by atoms with Crippen molar-refractivity contribution in [1.29, 1.82) is 0 Å². The summed E-state index contributed by atoms with van der Waals surface area (Å²) in [4.78, 5) is 25.7. The quantitative estimate of drug-likeness (QED) is 0.504. The lowest BCUT2D eigenvalue weighted by atomic mass is 10.1. The predicted octanol–water partition coefficient (Wildman–Crippen LogP) is 4.35. The molecule has 7 nitrogen and oxygen atoms in total. The maximum absolute atomic E-state index is 13.0. The number of hydrogen-bond donors (Lipinski definition) is 1. The number of ether oxygens (including phenoxy) is 2. The molecule has 0 unspecified atom stereocenters. The Balaban J connectivity index is 1.35. The molecule has 1 aliphatic carbocycles. The molecule has 2 heterocycles. The van der Waals surface area contributed by atoms with Crippen molar-refractivity contribution in [1.82, 2.24) is 9.78 Å². The van der Waals surface area contributed by atoms with Crippen LogP contribution in [0.4, 0.5) is 5.69 Å². The van der Waals surface area contributed by atoms with Crippen molar-refractivity contribution >= 4 is 17.4 Å². The molecule has 3 aromatic rings. The van der Waals surface area contributed by atoms with Gasteiger partial charge in [0.05, 0.1) is 22.6 Å².